The summed E-state index contributed by atoms with van der Waals surface area (Å²) in [4.78, 5) is 14.5. The van der Waals surface area contributed by atoms with Crippen LogP contribution in [0.25, 0.3) is 0 Å². The van der Waals surface area contributed by atoms with Crippen LogP contribution in [0, 0.1) is 0 Å². The van der Waals surface area contributed by atoms with Crippen molar-refractivity contribution < 1.29 is 9.90 Å². The molecule has 0 unspecified atom stereocenters. The topological polar surface area (TPSA) is 87.7 Å². The van der Waals surface area contributed by atoms with Crippen molar-refractivity contribution in [3.63, 3.8) is 0 Å². The second kappa shape index (κ2) is 4.98. The molecule has 1 rings (SSSR count). The van der Waals surface area contributed by atoms with Crippen LogP contribution in [-0.2, 0) is 4.79 Å². The van der Waals surface area contributed by atoms with Crippen LogP contribution in [0.4, 0.5) is 0 Å². The molecule has 0 aliphatic carbocycles. The zero-order valence-corrected chi connectivity index (χ0v) is 7.47. The largest absolute Gasteiger partial charge is 0.507 e. The first-order chi connectivity index (χ1) is 6.74. The van der Waals surface area contributed by atoms with Crippen molar-refractivity contribution in [2.45, 2.75) is 0 Å². The van der Waals surface area contributed by atoms with E-state index in [9.17, 15) is 9.90 Å². The molecule has 0 aliphatic rings. The highest BCUT2D eigenvalue weighted by Crippen LogP contribution is 2.12. The summed E-state index contributed by atoms with van der Waals surface area (Å²) in [5.74, 6) is 4.61. The number of hydrogen-bond acceptors (Lipinski definition) is 4. The van der Waals surface area contributed by atoms with Crippen LogP contribution in [0.2, 0.25) is 0 Å². The molecule has 1 aromatic rings. The average Bonchev–Trinajstić information content (AvgIpc) is 2.20. The lowest BCUT2D eigenvalue weighted by Gasteiger charge is -1.96. The first-order valence-corrected chi connectivity index (χ1v) is 4.01. The lowest BCUT2D eigenvalue weighted by atomic mass is 10.2. The standard InChI is InChI=1S/C9H11N3O2/c10-12-9(14)6-11-5-7-3-1-2-4-8(7)13/h1-5,13H,6,10H2,(H,12,14). The number of carbonyl (C=O) groups is 1. The number of aliphatic imine (C=N–C) groups is 1. The molecule has 5 nitrogen and oxygen atoms in total. The number of amides is 1. The number of para-hydroxylation sites is 1. The molecule has 4 N–H and O–H groups in total. The third-order valence-corrected chi connectivity index (χ3v) is 1.56. The summed E-state index contributed by atoms with van der Waals surface area (Å²) in [6.07, 6.45) is 1.42. The number of aromatic hydroxyl groups is 1. The molecule has 0 atom stereocenters. The Morgan fingerprint density at radius 2 is 2.29 bits per heavy atom. The van der Waals surface area contributed by atoms with Gasteiger partial charge in [0.25, 0.3) is 5.91 Å². The third kappa shape index (κ3) is 2.87. The highest BCUT2D eigenvalue weighted by Gasteiger charge is 1.96. The Labute approximate surface area is 81.2 Å². The van der Waals surface area contributed by atoms with Crippen LogP contribution < -0.4 is 11.3 Å². The maximum atomic E-state index is 10.7. The lowest BCUT2D eigenvalue weighted by molar-refractivity contribution is -0.119. The van der Waals surface area contributed by atoms with Gasteiger partial charge in [-0.3, -0.25) is 15.2 Å². The normalized spacial score (nSPS) is 10.4. The summed E-state index contributed by atoms with van der Waals surface area (Å²) < 4.78 is 0. The Hall–Kier alpha value is -1.88. The van der Waals surface area contributed by atoms with Crippen LogP contribution in [0.5, 0.6) is 5.75 Å². The van der Waals surface area contributed by atoms with Gasteiger partial charge in [-0.25, -0.2) is 5.84 Å². The van der Waals surface area contributed by atoms with Gasteiger partial charge in [0.15, 0.2) is 0 Å². The first kappa shape index (κ1) is 10.2. The molecule has 0 spiro atoms. The van der Waals surface area contributed by atoms with Gasteiger partial charge in [-0.1, -0.05) is 12.1 Å². The number of hydrogen-bond donors (Lipinski definition) is 3. The van der Waals surface area contributed by atoms with Crippen molar-refractivity contribution in [1.29, 1.82) is 0 Å². The van der Waals surface area contributed by atoms with E-state index in [1.165, 1.54) is 6.21 Å². The van der Waals surface area contributed by atoms with Gasteiger partial charge in [-0.2, -0.15) is 0 Å². The fourth-order valence-electron chi connectivity index (χ4n) is 0.869. The second-order valence-corrected chi connectivity index (χ2v) is 2.60. The average molecular weight is 193 g/mol. The minimum atomic E-state index is -0.378. The Morgan fingerprint density at radius 3 is 2.93 bits per heavy atom. The molecule has 0 aliphatic heterocycles. The molecule has 0 fully saturated rings. The van der Waals surface area contributed by atoms with Gasteiger partial charge < -0.3 is 5.11 Å². The number of phenols is 1. The summed E-state index contributed by atoms with van der Waals surface area (Å²) >= 11 is 0. The number of benzene rings is 1. The molecule has 1 amide bonds. The highest BCUT2D eigenvalue weighted by molar-refractivity contribution is 5.86. The lowest BCUT2D eigenvalue weighted by Crippen LogP contribution is -2.31. The molecule has 74 valence electrons. The molecule has 0 heterocycles. The van der Waals surface area contributed by atoms with Crippen molar-refractivity contribution in [1.82, 2.24) is 5.43 Å². The van der Waals surface area contributed by atoms with Crippen LogP contribution in [0.3, 0.4) is 0 Å². The van der Waals surface area contributed by atoms with Crippen molar-refractivity contribution in [3.8, 4) is 5.75 Å². The van der Waals surface area contributed by atoms with Crippen molar-refractivity contribution in [2.75, 3.05) is 6.54 Å². The van der Waals surface area contributed by atoms with Crippen molar-refractivity contribution in [3.05, 3.63) is 29.8 Å². The molecule has 14 heavy (non-hydrogen) atoms. The minimum absolute atomic E-state index is 0.0508. The maximum absolute atomic E-state index is 10.7. The number of carbonyl (C=O) groups excluding carboxylic acids is 1. The fourth-order valence-corrected chi connectivity index (χ4v) is 0.869. The fraction of sp³-hybridized carbons (Fsp3) is 0.111. The number of phenolic OH excluding ortho intramolecular Hbond substituents is 1. The van der Waals surface area contributed by atoms with Gasteiger partial charge in [0.2, 0.25) is 0 Å². The summed E-state index contributed by atoms with van der Waals surface area (Å²) in [7, 11) is 0. The van der Waals surface area contributed by atoms with Crippen LogP contribution in [0.15, 0.2) is 29.3 Å². The second-order valence-electron chi connectivity index (χ2n) is 2.60. The van der Waals surface area contributed by atoms with Gasteiger partial charge >= 0.3 is 0 Å². The molecule has 0 radical (unpaired) electrons. The van der Waals surface area contributed by atoms with E-state index >= 15 is 0 Å². The monoisotopic (exact) mass is 193 g/mol. The number of rotatable bonds is 3. The predicted octanol–water partition coefficient (Wildman–Crippen LogP) is -0.199. The minimum Gasteiger partial charge on any atom is -0.507 e. The molecular formula is C9H11N3O2. The number of nitrogens with two attached hydrogens (primary N) is 1. The maximum Gasteiger partial charge on any atom is 0.255 e. The van der Waals surface area contributed by atoms with E-state index in [0.717, 1.165) is 0 Å². The molecule has 0 bridgehead atoms. The molecule has 1 aromatic carbocycles. The van der Waals surface area contributed by atoms with E-state index in [1.54, 1.807) is 24.3 Å². The quantitative estimate of drug-likeness (QED) is 0.269. The van der Waals surface area contributed by atoms with E-state index in [4.69, 9.17) is 5.84 Å². The van der Waals surface area contributed by atoms with Gasteiger partial charge in [0, 0.05) is 11.8 Å². The summed E-state index contributed by atoms with van der Waals surface area (Å²) in [5, 5.41) is 9.32. The molecular weight excluding hydrogens is 182 g/mol. The number of nitrogens with zero attached hydrogens (tertiary/aromatic N) is 1. The summed E-state index contributed by atoms with van der Waals surface area (Å²) in [6.45, 7) is -0.0508. The number of hydrazine groups is 1. The molecule has 0 saturated heterocycles. The van der Waals surface area contributed by atoms with Crippen LogP contribution >= 0.6 is 0 Å². The smallest absolute Gasteiger partial charge is 0.255 e. The van der Waals surface area contributed by atoms with Crippen molar-refractivity contribution in [2.24, 2.45) is 10.8 Å². The summed E-state index contributed by atoms with van der Waals surface area (Å²) in [5.41, 5.74) is 2.52. The highest BCUT2D eigenvalue weighted by atomic mass is 16.3. The summed E-state index contributed by atoms with van der Waals surface area (Å²) in [6, 6.07) is 6.72. The van der Waals surface area contributed by atoms with Gasteiger partial charge in [0.05, 0.1) is 0 Å². The first-order valence-electron chi connectivity index (χ1n) is 4.01. The molecule has 5 heteroatoms. The van der Waals surface area contributed by atoms with E-state index in [0.29, 0.717) is 5.56 Å². The van der Waals surface area contributed by atoms with Gasteiger partial charge in [-0.15, -0.1) is 0 Å². The van der Waals surface area contributed by atoms with Crippen LogP contribution in [0.1, 0.15) is 5.56 Å². The van der Waals surface area contributed by atoms with E-state index in [2.05, 4.69) is 4.99 Å². The predicted molar refractivity (Wildman–Crippen MR) is 52.9 cm³/mol. The zero-order chi connectivity index (χ0) is 10.4. The number of nitrogens with one attached hydrogen (secondary N) is 1. The Kier molecular flexibility index (Phi) is 3.63. The molecule has 0 aromatic heterocycles. The van der Waals surface area contributed by atoms with Crippen molar-refractivity contribution >= 4 is 12.1 Å². The molecule has 0 saturated carbocycles. The van der Waals surface area contributed by atoms with E-state index < -0.39 is 0 Å². The zero-order valence-electron chi connectivity index (χ0n) is 7.47. The van der Waals surface area contributed by atoms with E-state index in [-0.39, 0.29) is 18.2 Å². The Bertz CT molecular complexity index is 350. The van der Waals surface area contributed by atoms with E-state index in [1.807, 2.05) is 5.43 Å². The SMILES string of the molecule is NNC(=O)CN=Cc1ccccc1O. The van der Waals surface area contributed by atoms with Gasteiger partial charge in [-0.05, 0) is 12.1 Å². The van der Waals surface area contributed by atoms with Crippen LogP contribution in [-0.4, -0.2) is 23.8 Å². The van der Waals surface area contributed by atoms with Gasteiger partial charge in [0.1, 0.15) is 12.3 Å². The third-order valence-electron chi connectivity index (χ3n) is 1.56. The Morgan fingerprint density at radius 1 is 1.57 bits per heavy atom. The Balaban J connectivity index is 2.60.